The van der Waals surface area contributed by atoms with Crippen LogP contribution in [-0.4, -0.2) is 24.0 Å². The number of ether oxygens (including phenoxy) is 2. The van der Waals surface area contributed by atoms with Crippen molar-refractivity contribution in [3.63, 3.8) is 0 Å². The van der Waals surface area contributed by atoms with Gasteiger partial charge in [-0.1, -0.05) is 19.1 Å². The Morgan fingerprint density at radius 1 is 1.17 bits per heavy atom. The van der Waals surface area contributed by atoms with Gasteiger partial charge >= 0.3 is 0 Å². The van der Waals surface area contributed by atoms with Gasteiger partial charge in [-0.25, -0.2) is 0 Å². The fourth-order valence-electron chi connectivity index (χ4n) is 2.21. The van der Waals surface area contributed by atoms with E-state index in [1.165, 1.54) is 5.69 Å². The van der Waals surface area contributed by atoms with Gasteiger partial charge in [0.05, 0.1) is 20.4 Å². The van der Waals surface area contributed by atoms with Crippen LogP contribution in [-0.2, 0) is 13.5 Å². The molecule has 2 rings (SSSR count). The molecule has 0 spiro atoms. The van der Waals surface area contributed by atoms with Crippen LogP contribution in [0.15, 0.2) is 24.4 Å². The Labute approximate surface area is 107 Å². The third-order valence-electron chi connectivity index (χ3n) is 3.09. The highest BCUT2D eigenvalue weighted by atomic mass is 16.5. The second-order valence-electron chi connectivity index (χ2n) is 4.02. The molecule has 1 heterocycles. The highest BCUT2D eigenvalue weighted by molar-refractivity contribution is 5.75. The molecule has 4 nitrogen and oxygen atoms in total. The lowest BCUT2D eigenvalue weighted by molar-refractivity contribution is 0.356. The topological polar surface area (TPSA) is 36.3 Å². The van der Waals surface area contributed by atoms with E-state index < -0.39 is 0 Å². The second kappa shape index (κ2) is 5.12. The molecule has 18 heavy (non-hydrogen) atoms. The Morgan fingerprint density at radius 2 is 1.94 bits per heavy atom. The maximum atomic E-state index is 5.47. The first kappa shape index (κ1) is 12.5. The molecule has 2 aromatic rings. The fraction of sp³-hybridized carbons (Fsp3) is 0.357. The van der Waals surface area contributed by atoms with E-state index in [9.17, 15) is 0 Å². The van der Waals surface area contributed by atoms with E-state index in [1.807, 2.05) is 36.1 Å². The third kappa shape index (κ3) is 1.94. The zero-order valence-electron chi connectivity index (χ0n) is 11.2. The number of benzene rings is 1. The minimum atomic E-state index is 0.737. The van der Waals surface area contributed by atoms with E-state index in [0.29, 0.717) is 0 Å². The predicted octanol–water partition coefficient (Wildman–Crippen LogP) is 2.67. The second-order valence-corrected chi connectivity index (χ2v) is 4.02. The lowest BCUT2D eigenvalue weighted by Gasteiger charge is -2.12. The smallest absolute Gasteiger partial charge is 0.168 e. The van der Waals surface area contributed by atoms with Crippen molar-refractivity contribution in [2.45, 2.75) is 13.3 Å². The Bertz CT molecular complexity index is 547. The number of rotatable bonds is 4. The molecular weight excluding hydrogens is 228 g/mol. The van der Waals surface area contributed by atoms with Crippen molar-refractivity contribution in [1.29, 1.82) is 0 Å². The lowest BCUT2D eigenvalue weighted by Crippen LogP contribution is -1.98. The Hall–Kier alpha value is -1.97. The molecule has 0 fully saturated rings. The first-order valence-electron chi connectivity index (χ1n) is 5.95. The summed E-state index contributed by atoms with van der Waals surface area (Å²) >= 11 is 0. The van der Waals surface area contributed by atoms with Gasteiger partial charge in [0.1, 0.15) is 0 Å². The molecule has 0 aliphatic heterocycles. The van der Waals surface area contributed by atoms with Gasteiger partial charge in [0.25, 0.3) is 0 Å². The van der Waals surface area contributed by atoms with Gasteiger partial charge in [-0.05, 0) is 12.5 Å². The van der Waals surface area contributed by atoms with Crippen molar-refractivity contribution in [2.75, 3.05) is 14.2 Å². The predicted molar refractivity (Wildman–Crippen MR) is 71.1 cm³/mol. The van der Waals surface area contributed by atoms with E-state index in [1.54, 1.807) is 14.2 Å². The van der Waals surface area contributed by atoms with Gasteiger partial charge in [-0.2, -0.15) is 5.10 Å². The van der Waals surface area contributed by atoms with E-state index >= 15 is 0 Å². The number of aryl methyl sites for hydroxylation is 1. The van der Waals surface area contributed by atoms with Crippen LogP contribution in [0.5, 0.6) is 11.5 Å². The summed E-state index contributed by atoms with van der Waals surface area (Å²) in [4.78, 5) is 0. The number of hydrogen-bond donors (Lipinski definition) is 0. The van der Waals surface area contributed by atoms with Crippen LogP contribution in [0.25, 0.3) is 11.1 Å². The van der Waals surface area contributed by atoms with Gasteiger partial charge in [0.2, 0.25) is 0 Å². The zero-order chi connectivity index (χ0) is 13.1. The first-order chi connectivity index (χ1) is 8.72. The average Bonchev–Trinajstić information content (AvgIpc) is 2.78. The Kier molecular flexibility index (Phi) is 3.55. The zero-order valence-corrected chi connectivity index (χ0v) is 11.2. The highest BCUT2D eigenvalue weighted by Gasteiger charge is 2.16. The van der Waals surface area contributed by atoms with Crippen LogP contribution in [0.1, 0.15) is 12.6 Å². The maximum absolute atomic E-state index is 5.47. The lowest BCUT2D eigenvalue weighted by atomic mass is 10.0. The summed E-state index contributed by atoms with van der Waals surface area (Å²) in [7, 11) is 5.25. The van der Waals surface area contributed by atoms with Gasteiger partial charge < -0.3 is 9.47 Å². The van der Waals surface area contributed by atoms with Crippen LogP contribution in [0, 0.1) is 0 Å². The number of nitrogens with zero attached hydrogens (tertiary/aromatic N) is 2. The van der Waals surface area contributed by atoms with Crippen LogP contribution in [0.2, 0.25) is 0 Å². The van der Waals surface area contributed by atoms with E-state index in [0.717, 1.165) is 29.0 Å². The van der Waals surface area contributed by atoms with E-state index in [-0.39, 0.29) is 0 Å². The fourth-order valence-corrected chi connectivity index (χ4v) is 2.21. The quantitative estimate of drug-likeness (QED) is 0.832. The highest BCUT2D eigenvalue weighted by Crippen LogP contribution is 2.38. The molecule has 0 aliphatic carbocycles. The van der Waals surface area contributed by atoms with Gasteiger partial charge in [-0.3, -0.25) is 4.68 Å². The molecule has 0 unspecified atom stereocenters. The Morgan fingerprint density at radius 3 is 2.56 bits per heavy atom. The largest absolute Gasteiger partial charge is 0.493 e. The number of methoxy groups -OCH3 is 2. The monoisotopic (exact) mass is 246 g/mol. The molecule has 0 saturated carbocycles. The summed E-state index contributed by atoms with van der Waals surface area (Å²) < 4.78 is 12.7. The van der Waals surface area contributed by atoms with Crippen molar-refractivity contribution in [3.8, 4) is 22.6 Å². The Balaban J connectivity index is 2.63. The molecular formula is C14H18N2O2. The molecule has 4 heteroatoms. The van der Waals surface area contributed by atoms with Crippen LogP contribution in [0.3, 0.4) is 0 Å². The first-order valence-corrected chi connectivity index (χ1v) is 5.95. The minimum Gasteiger partial charge on any atom is -0.493 e. The van der Waals surface area contributed by atoms with E-state index in [4.69, 9.17) is 9.47 Å². The summed E-state index contributed by atoms with van der Waals surface area (Å²) in [6.07, 6.45) is 2.79. The molecule has 0 atom stereocenters. The summed E-state index contributed by atoms with van der Waals surface area (Å²) in [6, 6.07) is 5.88. The minimum absolute atomic E-state index is 0.737. The molecule has 0 amide bonds. The van der Waals surface area contributed by atoms with Crippen molar-refractivity contribution < 1.29 is 9.47 Å². The molecule has 0 radical (unpaired) electrons. The SMILES string of the molecule is CCc1c(-c2cccc(OC)c2OC)cnn1C. The molecule has 96 valence electrons. The molecule has 0 bridgehead atoms. The van der Waals surface area contributed by atoms with Crippen LogP contribution in [0.4, 0.5) is 0 Å². The summed E-state index contributed by atoms with van der Waals surface area (Å²) in [5.41, 5.74) is 3.29. The van der Waals surface area contributed by atoms with Crippen molar-refractivity contribution >= 4 is 0 Å². The molecule has 1 aromatic heterocycles. The van der Waals surface area contributed by atoms with E-state index in [2.05, 4.69) is 12.0 Å². The van der Waals surface area contributed by atoms with Crippen LogP contribution < -0.4 is 9.47 Å². The molecule has 1 aromatic carbocycles. The molecule has 0 saturated heterocycles. The summed E-state index contributed by atoms with van der Waals surface area (Å²) in [5, 5.41) is 4.31. The normalized spacial score (nSPS) is 10.4. The standard InChI is InChI=1S/C14H18N2O2/c1-5-12-11(9-15-16(12)2)10-7-6-8-13(17-3)14(10)18-4/h6-9H,5H2,1-4H3. The van der Waals surface area contributed by atoms with Gasteiger partial charge in [-0.15, -0.1) is 0 Å². The maximum Gasteiger partial charge on any atom is 0.168 e. The molecule has 0 aliphatic rings. The number of para-hydroxylation sites is 1. The summed E-state index contributed by atoms with van der Waals surface area (Å²) in [6.45, 7) is 2.12. The van der Waals surface area contributed by atoms with Gasteiger partial charge in [0, 0.05) is 23.9 Å². The molecule has 0 N–H and O–H groups in total. The van der Waals surface area contributed by atoms with Crippen LogP contribution >= 0.6 is 0 Å². The summed E-state index contributed by atoms with van der Waals surface area (Å²) in [5.74, 6) is 1.49. The van der Waals surface area contributed by atoms with Crippen molar-refractivity contribution in [1.82, 2.24) is 9.78 Å². The third-order valence-corrected chi connectivity index (χ3v) is 3.09. The number of aromatic nitrogens is 2. The van der Waals surface area contributed by atoms with Gasteiger partial charge in [0.15, 0.2) is 11.5 Å². The average molecular weight is 246 g/mol. The number of hydrogen-bond acceptors (Lipinski definition) is 3. The van der Waals surface area contributed by atoms with Crippen molar-refractivity contribution in [3.05, 3.63) is 30.1 Å². The van der Waals surface area contributed by atoms with Crippen molar-refractivity contribution in [2.24, 2.45) is 7.05 Å².